The molecular weight excluding hydrogens is 298 g/mol. The van der Waals surface area contributed by atoms with Crippen molar-refractivity contribution in [3.63, 3.8) is 0 Å². The summed E-state index contributed by atoms with van der Waals surface area (Å²) in [6, 6.07) is 15.2. The van der Waals surface area contributed by atoms with Crippen LogP contribution in [-0.4, -0.2) is 26.4 Å². The monoisotopic (exact) mass is 312 g/mol. The van der Waals surface area contributed by atoms with Gasteiger partial charge in [0.25, 0.3) is 5.82 Å². The van der Waals surface area contributed by atoms with Gasteiger partial charge in [0, 0.05) is 6.07 Å². The number of nitrogens with zero attached hydrogens (tertiary/aromatic N) is 3. The van der Waals surface area contributed by atoms with Crippen molar-refractivity contribution in [2.45, 2.75) is 5.16 Å². The zero-order valence-electron chi connectivity index (χ0n) is 11.6. The molecule has 6 nitrogen and oxygen atoms in total. The average molecular weight is 312 g/mol. The summed E-state index contributed by atoms with van der Waals surface area (Å²) in [6.45, 7) is 0. The lowest BCUT2D eigenvalue weighted by atomic mass is 10.3. The van der Waals surface area contributed by atoms with E-state index in [-0.39, 0.29) is 11.7 Å². The van der Waals surface area contributed by atoms with Crippen LogP contribution < -0.4 is 10.3 Å². The lowest BCUT2D eigenvalue weighted by molar-refractivity contribution is -0.360. The number of benzene rings is 1. The van der Waals surface area contributed by atoms with Crippen LogP contribution >= 0.6 is 11.8 Å². The summed E-state index contributed by atoms with van der Waals surface area (Å²) < 4.78 is 1.69. The molecule has 0 fully saturated rings. The molecule has 0 aliphatic carbocycles. The summed E-state index contributed by atoms with van der Waals surface area (Å²) in [5, 5.41) is 7.68. The van der Waals surface area contributed by atoms with Gasteiger partial charge < -0.3 is 0 Å². The topological polar surface area (TPSA) is 74.0 Å². The highest BCUT2D eigenvalue weighted by Crippen LogP contribution is 2.14. The van der Waals surface area contributed by atoms with Crippen LogP contribution in [0.5, 0.6) is 0 Å². The van der Waals surface area contributed by atoms with Crippen molar-refractivity contribution in [1.29, 1.82) is 0 Å². The number of aromatic nitrogens is 4. The highest BCUT2D eigenvalue weighted by molar-refractivity contribution is 7.99. The van der Waals surface area contributed by atoms with Crippen LogP contribution in [-0.2, 0) is 4.79 Å². The molecule has 1 amide bonds. The van der Waals surface area contributed by atoms with Crippen molar-refractivity contribution in [2.24, 2.45) is 0 Å². The van der Waals surface area contributed by atoms with E-state index in [1.165, 1.54) is 11.8 Å². The zero-order valence-corrected chi connectivity index (χ0v) is 12.5. The summed E-state index contributed by atoms with van der Waals surface area (Å²) >= 11 is 1.29. The van der Waals surface area contributed by atoms with E-state index in [4.69, 9.17) is 0 Å². The molecule has 0 aliphatic rings. The van der Waals surface area contributed by atoms with Gasteiger partial charge in [0.05, 0.1) is 11.9 Å². The minimum absolute atomic E-state index is 0.108. The maximum atomic E-state index is 11.8. The average Bonchev–Trinajstić information content (AvgIpc) is 3.04. The largest absolute Gasteiger partial charge is 0.317 e. The summed E-state index contributed by atoms with van der Waals surface area (Å²) in [5.41, 5.74) is 0.935. The molecule has 3 aromatic rings. The summed E-state index contributed by atoms with van der Waals surface area (Å²) in [6.07, 6.45) is 3.40. The number of amides is 1. The first kappa shape index (κ1) is 14.3. The van der Waals surface area contributed by atoms with Gasteiger partial charge in [0.1, 0.15) is 12.1 Å². The fraction of sp³-hybridized carbons (Fsp3) is 0.0667. The number of hydrogen-bond donors (Lipinski definition) is 1. The molecular formula is C15H14N5OS+. The number of carbonyl (C=O) groups excluding carboxylic acids is 1. The van der Waals surface area contributed by atoms with Crippen molar-refractivity contribution < 1.29 is 9.78 Å². The Labute approximate surface area is 131 Å². The molecule has 110 valence electrons. The Morgan fingerprint density at radius 2 is 2.00 bits per heavy atom. The SMILES string of the molecule is O=C(CSc1ncn(-c2ccccc2)n1)Nc1cccc[nH+]1. The van der Waals surface area contributed by atoms with Crippen molar-refractivity contribution in [2.75, 3.05) is 11.1 Å². The normalized spacial score (nSPS) is 10.4. The number of hydrogen-bond acceptors (Lipinski definition) is 4. The molecule has 0 aliphatic heterocycles. The maximum absolute atomic E-state index is 11.8. The Morgan fingerprint density at radius 1 is 1.18 bits per heavy atom. The second-order valence-corrected chi connectivity index (χ2v) is 5.36. The van der Waals surface area contributed by atoms with Gasteiger partial charge in [-0.2, -0.15) is 0 Å². The van der Waals surface area contributed by atoms with Crippen molar-refractivity contribution in [3.8, 4) is 5.69 Å². The van der Waals surface area contributed by atoms with E-state index in [2.05, 4.69) is 20.4 Å². The Kier molecular flexibility index (Phi) is 4.45. The van der Waals surface area contributed by atoms with Gasteiger partial charge in [-0.3, -0.25) is 0 Å². The lowest BCUT2D eigenvalue weighted by Gasteiger charge is -1.98. The minimum Gasteiger partial charge on any atom is -0.247 e. The van der Waals surface area contributed by atoms with Crippen LogP contribution in [0.3, 0.4) is 0 Å². The molecule has 0 atom stereocenters. The summed E-state index contributed by atoms with van der Waals surface area (Å²) in [5.74, 6) is 0.807. The Morgan fingerprint density at radius 3 is 2.77 bits per heavy atom. The summed E-state index contributed by atoms with van der Waals surface area (Å²) in [7, 11) is 0. The molecule has 2 aromatic heterocycles. The van der Waals surface area contributed by atoms with Gasteiger partial charge in [-0.25, -0.2) is 24.8 Å². The third kappa shape index (κ3) is 3.70. The van der Waals surface area contributed by atoms with Gasteiger partial charge in [-0.1, -0.05) is 36.0 Å². The fourth-order valence-electron chi connectivity index (χ4n) is 1.81. The number of aromatic amines is 1. The highest BCUT2D eigenvalue weighted by atomic mass is 32.2. The van der Waals surface area contributed by atoms with E-state index in [1.54, 1.807) is 23.3 Å². The van der Waals surface area contributed by atoms with E-state index in [1.807, 2.05) is 42.5 Å². The molecule has 0 bridgehead atoms. The second kappa shape index (κ2) is 6.86. The quantitative estimate of drug-likeness (QED) is 0.729. The van der Waals surface area contributed by atoms with Crippen LogP contribution in [0.1, 0.15) is 0 Å². The van der Waals surface area contributed by atoms with Gasteiger partial charge in [0.2, 0.25) is 5.16 Å². The van der Waals surface area contributed by atoms with Crippen LogP contribution in [0, 0.1) is 0 Å². The number of rotatable bonds is 5. The Bertz CT molecular complexity index is 745. The standard InChI is InChI=1S/C15H13N5OS/c21-14(18-13-8-4-5-9-16-13)10-22-15-17-11-20(19-15)12-6-2-1-3-7-12/h1-9,11H,10H2,(H,16,18,21)/p+1. The Balaban J connectivity index is 1.56. The molecule has 2 heterocycles. The smallest absolute Gasteiger partial charge is 0.247 e. The summed E-state index contributed by atoms with van der Waals surface area (Å²) in [4.78, 5) is 19.0. The predicted molar refractivity (Wildman–Crippen MR) is 83.7 cm³/mol. The van der Waals surface area contributed by atoms with Gasteiger partial charge >= 0.3 is 5.91 Å². The highest BCUT2D eigenvalue weighted by Gasteiger charge is 2.12. The van der Waals surface area contributed by atoms with Crippen LogP contribution in [0.4, 0.5) is 5.82 Å². The molecule has 1 aromatic carbocycles. The van der Waals surface area contributed by atoms with Gasteiger partial charge in [-0.05, 0) is 18.2 Å². The predicted octanol–water partition coefficient (Wildman–Crippen LogP) is 1.81. The number of carbonyl (C=O) groups is 1. The number of H-pyrrole nitrogens is 1. The molecule has 0 unspecified atom stereocenters. The third-order valence-corrected chi connectivity index (χ3v) is 3.66. The number of para-hydroxylation sites is 1. The number of pyridine rings is 1. The zero-order chi connectivity index (χ0) is 15.2. The lowest BCUT2D eigenvalue weighted by Crippen LogP contribution is -2.20. The van der Waals surface area contributed by atoms with Crippen molar-refractivity contribution in [3.05, 3.63) is 61.1 Å². The second-order valence-electron chi connectivity index (χ2n) is 4.42. The van der Waals surface area contributed by atoms with Crippen molar-refractivity contribution in [1.82, 2.24) is 14.8 Å². The van der Waals surface area contributed by atoms with E-state index < -0.39 is 0 Å². The van der Waals surface area contributed by atoms with E-state index in [9.17, 15) is 4.79 Å². The van der Waals surface area contributed by atoms with Crippen LogP contribution in [0.15, 0.2) is 66.2 Å². The first-order chi connectivity index (χ1) is 10.8. The molecule has 3 rings (SSSR count). The molecule has 2 N–H and O–H groups in total. The van der Waals surface area contributed by atoms with Gasteiger partial charge in [-0.15, -0.1) is 5.10 Å². The molecule has 0 saturated carbocycles. The molecule has 0 radical (unpaired) electrons. The first-order valence-corrected chi connectivity index (χ1v) is 7.66. The van der Waals surface area contributed by atoms with Crippen LogP contribution in [0.2, 0.25) is 0 Å². The Hall–Kier alpha value is -2.67. The number of nitrogens with one attached hydrogen (secondary N) is 2. The van der Waals surface area contributed by atoms with E-state index in [0.29, 0.717) is 11.0 Å². The molecule has 0 spiro atoms. The molecule has 7 heteroatoms. The van der Waals surface area contributed by atoms with E-state index in [0.717, 1.165) is 5.69 Å². The van der Waals surface area contributed by atoms with Crippen molar-refractivity contribution >= 4 is 23.5 Å². The minimum atomic E-state index is -0.108. The number of thioether (sulfide) groups is 1. The molecule has 0 saturated heterocycles. The fourth-order valence-corrected chi connectivity index (χ4v) is 2.41. The first-order valence-electron chi connectivity index (χ1n) is 6.68. The van der Waals surface area contributed by atoms with Crippen LogP contribution in [0.25, 0.3) is 5.69 Å². The molecule has 22 heavy (non-hydrogen) atoms. The maximum Gasteiger partial charge on any atom is 0.317 e. The third-order valence-electron chi connectivity index (χ3n) is 2.81. The number of anilines is 1. The van der Waals surface area contributed by atoms with E-state index >= 15 is 0 Å². The van der Waals surface area contributed by atoms with Gasteiger partial charge in [0.15, 0.2) is 0 Å².